The largest absolute Gasteiger partial charge is 0.399 e. The third kappa shape index (κ3) is 2.70. The van der Waals surface area contributed by atoms with Crippen molar-refractivity contribution in [3.63, 3.8) is 0 Å². The van der Waals surface area contributed by atoms with E-state index in [1.54, 1.807) is 0 Å². The highest BCUT2D eigenvalue weighted by Gasteiger charge is 2.24. The summed E-state index contributed by atoms with van der Waals surface area (Å²) in [6.07, 6.45) is 0. The number of benzene rings is 1. The predicted molar refractivity (Wildman–Crippen MR) is 66.8 cm³/mol. The molecule has 0 aliphatic rings. The maximum atomic E-state index is 5.78. The standard InChI is InChI=1S/C10H19NSi2/c1-12(13(2,3)4)10-7-5-6-9(11)8-10/h5-8,12H,11H2,1-4H3. The smallest absolute Gasteiger partial charge is 0.0615 e. The molecular weight excluding hydrogens is 190 g/mol. The fraction of sp³-hybridized carbons (Fsp3) is 0.400. The van der Waals surface area contributed by atoms with Gasteiger partial charge in [-0.25, -0.2) is 0 Å². The Labute approximate surface area is 83.4 Å². The number of anilines is 1. The maximum Gasteiger partial charge on any atom is 0.0615 e. The van der Waals surface area contributed by atoms with Crippen molar-refractivity contribution in [2.24, 2.45) is 0 Å². The molecule has 3 heteroatoms. The molecule has 0 saturated heterocycles. The molecule has 2 N–H and O–H groups in total. The van der Waals surface area contributed by atoms with Crippen molar-refractivity contribution in [1.29, 1.82) is 0 Å². The zero-order chi connectivity index (χ0) is 10.1. The Morgan fingerprint density at radius 3 is 2.31 bits per heavy atom. The van der Waals surface area contributed by atoms with Gasteiger partial charge in [0, 0.05) is 13.3 Å². The van der Waals surface area contributed by atoms with Gasteiger partial charge in [-0.05, 0) is 12.1 Å². The minimum Gasteiger partial charge on any atom is -0.399 e. The van der Waals surface area contributed by atoms with Gasteiger partial charge in [-0.3, -0.25) is 0 Å². The van der Waals surface area contributed by atoms with Crippen LogP contribution in [-0.2, 0) is 0 Å². The van der Waals surface area contributed by atoms with E-state index in [-0.39, 0.29) is 0 Å². The average molecular weight is 209 g/mol. The summed E-state index contributed by atoms with van der Waals surface area (Å²) in [6, 6.07) is 8.45. The summed E-state index contributed by atoms with van der Waals surface area (Å²) in [4.78, 5) is 0. The van der Waals surface area contributed by atoms with Crippen molar-refractivity contribution in [3.05, 3.63) is 24.3 Å². The van der Waals surface area contributed by atoms with Crippen molar-refractivity contribution < 1.29 is 0 Å². The molecule has 72 valence electrons. The van der Waals surface area contributed by atoms with Crippen molar-refractivity contribution in [1.82, 2.24) is 0 Å². The maximum absolute atomic E-state index is 5.78. The third-order valence-electron chi connectivity index (χ3n) is 2.71. The number of nitrogens with two attached hydrogens (primary N) is 1. The zero-order valence-electron chi connectivity index (χ0n) is 8.96. The molecule has 0 bridgehead atoms. The van der Waals surface area contributed by atoms with Crippen molar-refractivity contribution in [2.45, 2.75) is 26.2 Å². The number of hydrogen-bond donors (Lipinski definition) is 1. The summed E-state index contributed by atoms with van der Waals surface area (Å²) in [7, 11) is -1.66. The lowest BCUT2D eigenvalue weighted by atomic mass is 10.3. The lowest BCUT2D eigenvalue weighted by Crippen LogP contribution is -2.49. The van der Waals surface area contributed by atoms with E-state index in [0.29, 0.717) is 0 Å². The Hall–Kier alpha value is -0.546. The quantitative estimate of drug-likeness (QED) is 0.583. The second kappa shape index (κ2) is 3.68. The molecule has 0 fully saturated rings. The molecule has 1 aromatic rings. The van der Waals surface area contributed by atoms with Gasteiger partial charge in [-0.2, -0.15) is 0 Å². The minimum absolute atomic E-state index is 0.718. The summed E-state index contributed by atoms with van der Waals surface area (Å²) < 4.78 is 0. The molecule has 0 saturated carbocycles. The summed E-state index contributed by atoms with van der Waals surface area (Å²) >= 11 is 0. The molecule has 1 nitrogen and oxygen atoms in total. The van der Waals surface area contributed by atoms with Crippen LogP contribution in [0.15, 0.2) is 24.3 Å². The molecule has 0 aromatic heterocycles. The number of rotatable bonds is 2. The number of nitrogen functional groups attached to an aromatic ring is 1. The van der Waals surface area contributed by atoms with Gasteiger partial charge in [0.05, 0.1) is 8.31 Å². The highest BCUT2D eigenvalue weighted by Crippen LogP contribution is 2.08. The first-order valence-electron chi connectivity index (χ1n) is 4.76. The molecule has 1 atom stereocenters. The van der Waals surface area contributed by atoms with E-state index in [0.717, 1.165) is 5.69 Å². The highest BCUT2D eigenvalue weighted by molar-refractivity contribution is 7.36. The summed E-state index contributed by atoms with van der Waals surface area (Å²) in [5.74, 6) is 0. The topological polar surface area (TPSA) is 26.0 Å². The van der Waals surface area contributed by atoms with Crippen LogP contribution in [0.3, 0.4) is 0 Å². The fourth-order valence-corrected chi connectivity index (χ4v) is 6.71. The lowest BCUT2D eigenvalue weighted by molar-refractivity contribution is 1.71. The van der Waals surface area contributed by atoms with Crippen LogP contribution >= 0.6 is 0 Å². The van der Waals surface area contributed by atoms with Crippen LogP contribution in [0.25, 0.3) is 0 Å². The molecule has 0 aliphatic carbocycles. The molecule has 13 heavy (non-hydrogen) atoms. The van der Waals surface area contributed by atoms with E-state index in [1.807, 2.05) is 6.07 Å². The van der Waals surface area contributed by atoms with E-state index >= 15 is 0 Å². The highest BCUT2D eigenvalue weighted by atomic mass is 29.2. The first kappa shape index (κ1) is 10.5. The molecule has 1 rings (SSSR count). The van der Waals surface area contributed by atoms with Crippen LogP contribution in [0.4, 0.5) is 5.69 Å². The summed E-state index contributed by atoms with van der Waals surface area (Å²) in [6.45, 7) is 9.80. The van der Waals surface area contributed by atoms with Crippen LogP contribution in [0, 0.1) is 0 Å². The van der Waals surface area contributed by atoms with Crippen LogP contribution in [0.2, 0.25) is 26.2 Å². The Bertz CT molecular complexity index is 291. The lowest BCUT2D eigenvalue weighted by Gasteiger charge is -2.24. The van der Waals surface area contributed by atoms with Gasteiger partial charge in [0.2, 0.25) is 0 Å². The van der Waals surface area contributed by atoms with Crippen LogP contribution < -0.4 is 10.9 Å². The van der Waals surface area contributed by atoms with Gasteiger partial charge >= 0.3 is 0 Å². The third-order valence-corrected chi connectivity index (χ3v) is 15.5. The Morgan fingerprint density at radius 1 is 1.23 bits per heavy atom. The Balaban J connectivity index is 2.96. The molecular formula is C10H19NSi2. The predicted octanol–water partition coefficient (Wildman–Crippen LogP) is 1.75. The number of hydrogen-bond acceptors (Lipinski definition) is 1. The normalized spacial score (nSPS) is 14.2. The van der Waals surface area contributed by atoms with Gasteiger partial charge in [0.15, 0.2) is 0 Å². The first-order valence-corrected chi connectivity index (χ1v) is 11.8. The molecule has 0 aliphatic heterocycles. The molecule has 0 radical (unpaired) electrons. The van der Waals surface area contributed by atoms with Gasteiger partial charge in [0.1, 0.15) is 0 Å². The van der Waals surface area contributed by atoms with E-state index in [4.69, 9.17) is 5.73 Å². The van der Waals surface area contributed by atoms with Gasteiger partial charge in [-0.15, -0.1) is 0 Å². The minimum atomic E-state index is -0.941. The van der Waals surface area contributed by atoms with Crippen LogP contribution in [0.1, 0.15) is 0 Å². The molecule has 1 aromatic carbocycles. The van der Waals surface area contributed by atoms with Crippen LogP contribution in [-0.4, -0.2) is 15.9 Å². The van der Waals surface area contributed by atoms with Crippen molar-refractivity contribution >= 4 is 26.8 Å². The molecule has 0 heterocycles. The Morgan fingerprint density at radius 2 is 1.85 bits per heavy atom. The van der Waals surface area contributed by atoms with Crippen LogP contribution in [0.5, 0.6) is 0 Å². The first-order chi connectivity index (χ1) is 5.91. The summed E-state index contributed by atoms with van der Waals surface area (Å²) in [5.41, 5.74) is 6.69. The van der Waals surface area contributed by atoms with Gasteiger partial charge < -0.3 is 5.73 Å². The van der Waals surface area contributed by atoms with E-state index < -0.39 is 15.9 Å². The van der Waals surface area contributed by atoms with Crippen molar-refractivity contribution in [2.75, 3.05) is 5.73 Å². The summed E-state index contributed by atoms with van der Waals surface area (Å²) in [5, 5.41) is 1.53. The van der Waals surface area contributed by atoms with Crippen molar-refractivity contribution in [3.8, 4) is 0 Å². The fourth-order valence-electron chi connectivity index (χ4n) is 1.33. The monoisotopic (exact) mass is 209 g/mol. The zero-order valence-corrected chi connectivity index (χ0v) is 11.1. The molecule has 0 spiro atoms. The molecule has 1 unspecified atom stereocenters. The second-order valence-corrected chi connectivity index (χ2v) is 19.4. The SMILES string of the molecule is C[SiH](c1cccc(N)c1)[Si](C)(C)C. The average Bonchev–Trinajstić information content (AvgIpc) is 2.01. The van der Waals surface area contributed by atoms with Gasteiger partial charge in [0.25, 0.3) is 0 Å². The Kier molecular flexibility index (Phi) is 2.98. The van der Waals surface area contributed by atoms with E-state index in [2.05, 4.69) is 44.4 Å². The van der Waals surface area contributed by atoms with Gasteiger partial charge in [-0.1, -0.05) is 43.5 Å². The molecule has 0 amide bonds. The van der Waals surface area contributed by atoms with E-state index in [9.17, 15) is 0 Å². The second-order valence-electron chi connectivity index (χ2n) is 4.76. The van der Waals surface area contributed by atoms with E-state index in [1.165, 1.54) is 5.19 Å².